The molecule has 0 aliphatic rings. The van der Waals surface area contributed by atoms with Crippen LogP contribution in [0.25, 0.3) is 10.9 Å². The van der Waals surface area contributed by atoms with Gasteiger partial charge in [0.05, 0.1) is 12.2 Å². The average molecular weight is 249 g/mol. The molecule has 1 aromatic carbocycles. The van der Waals surface area contributed by atoms with Crippen molar-refractivity contribution in [1.29, 1.82) is 0 Å². The third-order valence-electron chi connectivity index (χ3n) is 3.05. The first-order chi connectivity index (χ1) is 8.74. The number of alkyl halides is 1. The molecule has 4 heteroatoms. The van der Waals surface area contributed by atoms with Crippen LogP contribution in [-0.4, -0.2) is 22.3 Å². The molecule has 1 N–H and O–H groups in total. The molecule has 18 heavy (non-hydrogen) atoms. The summed E-state index contributed by atoms with van der Waals surface area (Å²) in [6, 6.07) is 7.46. The Balaban J connectivity index is 2.24. The number of aromatic nitrogens is 1. The Hall–Kier alpha value is -1.84. The molecule has 2 rings (SSSR count). The molecular weight excluding hydrogens is 233 g/mol. The van der Waals surface area contributed by atoms with E-state index in [-0.39, 0.29) is 6.67 Å². The fraction of sp³-hybridized carbons (Fsp3) is 0.357. The Kier molecular flexibility index (Phi) is 3.97. The van der Waals surface area contributed by atoms with Gasteiger partial charge in [-0.1, -0.05) is 18.2 Å². The smallest absolute Gasteiger partial charge is 0.337 e. The minimum atomic E-state index is -0.909. The Morgan fingerprint density at radius 1 is 1.22 bits per heavy atom. The normalized spacial score (nSPS) is 10.9. The van der Waals surface area contributed by atoms with Crippen LogP contribution >= 0.6 is 0 Å². The zero-order valence-corrected chi connectivity index (χ0v) is 10.1. The Labute approximate surface area is 105 Å². The first-order valence-corrected chi connectivity index (χ1v) is 6.11. The Morgan fingerprint density at radius 3 is 2.72 bits per heavy atom. The Bertz CT molecular complexity index is 548. The zero-order chi connectivity index (χ0) is 13.0. The summed E-state index contributed by atoms with van der Waals surface area (Å²) in [6.07, 6.45) is 3.93. The summed E-state index contributed by atoms with van der Waals surface area (Å²) in [6.45, 7) is 0.445. The van der Waals surface area contributed by atoms with Crippen molar-refractivity contribution in [1.82, 2.24) is 4.57 Å². The van der Waals surface area contributed by atoms with Gasteiger partial charge in [-0.05, 0) is 25.3 Å². The van der Waals surface area contributed by atoms with Crippen molar-refractivity contribution in [3.05, 3.63) is 36.0 Å². The predicted molar refractivity (Wildman–Crippen MR) is 68.7 cm³/mol. The Morgan fingerprint density at radius 2 is 2.00 bits per heavy atom. The lowest BCUT2D eigenvalue weighted by Crippen LogP contribution is -1.97. The molecule has 0 fully saturated rings. The second kappa shape index (κ2) is 5.67. The summed E-state index contributed by atoms with van der Waals surface area (Å²) in [7, 11) is 0. The maximum absolute atomic E-state index is 12.0. The molecule has 0 radical (unpaired) electrons. The first kappa shape index (κ1) is 12.6. The molecule has 0 bridgehead atoms. The van der Waals surface area contributed by atoms with Crippen LogP contribution in [0.15, 0.2) is 30.5 Å². The SMILES string of the molecule is O=C(O)c1cn(CCCCCF)c2ccccc12. The molecule has 1 aromatic heterocycles. The number of hydrogen-bond acceptors (Lipinski definition) is 1. The lowest BCUT2D eigenvalue weighted by molar-refractivity contribution is 0.0699. The molecule has 3 nitrogen and oxygen atoms in total. The molecule has 0 atom stereocenters. The molecule has 0 amide bonds. The second-order valence-electron chi connectivity index (χ2n) is 4.31. The van der Waals surface area contributed by atoms with Crippen LogP contribution in [0.1, 0.15) is 29.6 Å². The van der Waals surface area contributed by atoms with E-state index in [4.69, 9.17) is 5.11 Å². The lowest BCUT2D eigenvalue weighted by Gasteiger charge is -2.04. The highest BCUT2D eigenvalue weighted by atomic mass is 19.1. The number of fused-ring (bicyclic) bond motifs is 1. The summed E-state index contributed by atoms with van der Waals surface area (Å²) in [5.41, 5.74) is 1.26. The van der Waals surface area contributed by atoms with Crippen molar-refractivity contribution in [2.24, 2.45) is 0 Å². The molecule has 1 heterocycles. The maximum atomic E-state index is 12.0. The van der Waals surface area contributed by atoms with Gasteiger partial charge in [-0.2, -0.15) is 0 Å². The van der Waals surface area contributed by atoms with Gasteiger partial charge >= 0.3 is 5.97 Å². The van der Waals surface area contributed by atoms with Gasteiger partial charge in [-0.25, -0.2) is 4.79 Å². The van der Waals surface area contributed by atoms with E-state index in [2.05, 4.69) is 0 Å². The molecule has 0 spiro atoms. The van der Waals surface area contributed by atoms with Crippen LogP contribution in [0.4, 0.5) is 4.39 Å². The summed E-state index contributed by atoms with van der Waals surface area (Å²) >= 11 is 0. The van der Waals surface area contributed by atoms with Crippen LogP contribution in [-0.2, 0) is 6.54 Å². The van der Waals surface area contributed by atoms with Gasteiger partial charge in [-0.3, -0.25) is 4.39 Å². The van der Waals surface area contributed by atoms with Crippen molar-refractivity contribution in [3.63, 3.8) is 0 Å². The molecule has 0 aliphatic carbocycles. The third-order valence-corrected chi connectivity index (χ3v) is 3.05. The number of aryl methyl sites for hydroxylation is 1. The van der Waals surface area contributed by atoms with Gasteiger partial charge in [0.15, 0.2) is 0 Å². The van der Waals surface area contributed by atoms with Gasteiger partial charge in [0.1, 0.15) is 0 Å². The molecule has 0 saturated heterocycles. The number of rotatable bonds is 6. The van der Waals surface area contributed by atoms with E-state index in [1.807, 2.05) is 28.8 Å². The highest BCUT2D eigenvalue weighted by Crippen LogP contribution is 2.21. The molecule has 0 unspecified atom stereocenters. The van der Waals surface area contributed by atoms with Crippen molar-refractivity contribution in [3.8, 4) is 0 Å². The van der Waals surface area contributed by atoms with Crippen molar-refractivity contribution in [2.45, 2.75) is 25.8 Å². The van der Waals surface area contributed by atoms with E-state index in [0.29, 0.717) is 12.0 Å². The highest BCUT2D eigenvalue weighted by Gasteiger charge is 2.12. The number of carboxylic acid groups (broad SMARTS) is 1. The number of carbonyl (C=O) groups is 1. The van der Waals surface area contributed by atoms with Crippen molar-refractivity contribution in [2.75, 3.05) is 6.67 Å². The number of aromatic carboxylic acids is 1. The summed E-state index contributed by atoms with van der Waals surface area (Å²) in [5, 5.41) is 9.90. The number of halogens is 1. The number of nitrogens with zero attached hydrogens (tertiary/aromatic N) is 1. The first-order valence-electron chi connectivity index (χ1n) is 6.11. The number of hydrogen-bond donors (Lipinski definition) is 1. The molecule has 0 saturated carbocycles. The molecule has 2 aromatic rings. The monoisotopic (exact) mass is 249 g/mol. The van der Waals surface area contributed by atoms with E-state index in [0.717, 1.165) is 30.3 Å². The largest absolute Gasteiger partial charge is 0.478 e. The van der Waals surface area contributed by atoms with Crippen LogP contribution in [0.5, 0.6) is 0 Å². The van der Waals surface area contributed by atoms with E-state index in [1.54, 1.807) is 6.20 Å². The maximum Gasteiger partial charge on any atom is 0.337 e. The number of carboxylic acids is 1. The molecule has 0 aliphatic heterocycles. The number of benzene rings is 1. The second-order valence-corrected chi connectivity index (χ2v) is 4.31. The van der Waals surface area contributed by atoms with Crippen LogP contribution < -0.4 is 0 Å². The molecule has 96 valence electrons. The topological polar surface area (TPSA) is 42.2 Å². The lowest BCUT2D eigenvalue weighted by atomic mass is 10.2. The van der Waals surface area contributed by atoms with E-state index in [1.165, 1.54) is 0 Å². The van der Waals surface area contributed by atoms with E-state index >= 15 is 0 Å². The average Bonchev–Trinajstić information content (AvgIpc) is 2.74. The molecular formula is C14H16FNO2. The van der Waals surface area contributed by atoms with Crippen LogP contribution in [0.2, 0.25) is 0 Å². The fourth-order valence-corrected chi connectivity index (χ4v) is 2.16. The van der Waals surface area contributed by atoms with Crippen LogP contribution in [0.3, 0.4) is 0 Å². The summed E-state index contributed by atoms with van der Waals surface area (Å²) < 4.78 is 13.9. The standard InChI is InChI=1S/C14H16FNO2/c15-8-4-1-5-9-16-10-12(14(17)18)11-6-2-3-7-13(11)16/h2-3,6-7,10H,1,4-5,8-9H2,(H,17,18). The van der Waals surface area contributed by atoms with Gasteiger partial charge in [0.25, 0.3) is 0 Å². The number of unbranched alkanes of at least 4 members (excludes halogenated alkanes) is 2. The minimum Gasteiger partial charge on any atom is -0.478 e. The van der Waals surface area contributed by atoms with E-state index in [9.17, 15) is 9.18 Å². The van der Waals surface area contributed by atoms with Crippen LogP contribution in [0, 0.1) is 0 Å². The van der Waals surface area contributed by atoms with Gasteiger partial charge < -0.3 is 9.67 Å². The zero-order valence-electron chi connectivity index (χ0n) is 10.1. The summed E-state index contributed by atoms with van der Waals surface area (Å²) in [4.78, 5) is 11.1. The van der Waals surface area contributed by atoms with Crippen molar-refractivity contribution >= 4 is 16.9 Å². The predicted octanol–water partition coefficient (Wildman–Crippen LogP) is 3.48. The van der Waals surface area contributed by atoms with E-state index < -0.39 is 5.97 Å². The number of para-hydroxylation sites is 1. The van der Waals surface area contributed by atoms with Gasteiger partial charge in [-0.15, -0.1) is 0 Å². The van der Waals surface area contributed by atoms with Crippen molar-refractivity contribution < 1.29 is 14.3 Å². The summed E-state index contributed by atoms with van der Waals surface area (Å²) in [5.74, 6) is -0.909. The minimum absolute atomic E-state index is 0.285. The highest BCUT2D eigenvalue weighted by molar-refractivity contribution is 6.03. The third kappa shape index (κ3) is 2.53. The quantitative estimate of drug-likeness (QED) is 0.796. The van der Waals surface area contributed by atoms with Gasteiger partial charge in [0.2, 0.25) is 0 Å². The fourth-order valence-electron chi connectivity index (χ4n) is 2.16. The van der Waals surface area contributed by atoms with Gasteiger partial charge in [0, 0.05) is 23.6 Å².